The highest BCUT2D eigenvalue weighted by Gasteiger charge is 2.23. The number of rotatable bonds is 5. The van der Waals surface area contributed by atoms with E-state index in [0.29, 0.717) is 21.3 Å². The van der Waals surface area contributed by atoms with E-state index in [9.17, 15) is 9.59 Å². The van der Waals surface area contributed by atoms with Crippen molar-refractivity contribution in [2.75, 3.05) is 13.7 Å². The number of thioether (sulfide) groups is 1. The van der Waals surface area contributed by atoms with Gasteiger partial charge in [0.2, 0.25) is 0 Å². The molecule has 0 saturated heterocycles. The van der Waals surface area contributed by atoms with Crippen molar-refractivity contribution in [3.8, 4) is 5.75 Å². The van der Waals surface area contributed by atoms with Crippen molar-refractivity contribution in [3.05, 3.63) is 70.1 Å². The Hall–Kier alpha value is -2.86. The van der Waals surface area contributed by atoms with E-state index >= 15 is 0 Å². The molecule has 0 aromatic heterocycles. The molecule has 0 radical (unpaired) electrons. The van der Waals surface area contributed by atoms with Crippen molar-refractivity contribution in [1.29, 1.82) is 0 Å². The fourth-order valence-corrected chi connectivity index (χ4v) is 3.21. The van der Waals surface area contributed by atoms with Crippen LogP contribution in [0.3, 0.4) is 0 Å². The summed E-state index contributed by atoms with van der Waals surface area (Å²) in [6.45, 7) is 1.82. The van der Waals surface area contributed by atoms with Gasteiger partial charge in [-0.1, -0.05) is 59.8 Å². The summed E-state index contributed by atoms with van der Waals surface area (Å²) in [5, 5.41) is 0.675. The van der Waals surface area contributed by atoms with Gasteiger partial charge in [0.1, 0.15) is 10.8 Å². The van der Waals surface area contributed by atoms with Gasteiger partial charge in [0.05, 0.1) is 12.0 Å². The van der Waals surface area contributed by atoms with E-state index in [1.807, 2.05) is 43.3 Å². The van der Waals surface area contributed by atoms with Gasteiger partial charge in [-0.25, -0.2) is 9.79 Å². The molecule has 1 aliphatic rings. The molecule has 3 rings (SSSR count). The number of carbonyl (C=O) groups is 2. The van der Waals surface area contributed by atoms with Crippen molar-refractivity contribution in [1.82, 2.24) is 0 Å². The molecule has 1 amide bonds. The first-order chi connectivity index (χ1) is 12.6. The number of methoxy groups -OCH3 is 1. The molecule has 132 valence electrons. The molecular formula is C20H17NO4S. The van der Waals surface area contributed by atoms with E-state index in [0.717, 1.165) is 11.1 Å². The predicted octanol–water partition coefficient (Wildman–Crippen LogP) is 3.61. The maximum absolute atomic E-state index is 12.3. The van der Waals surface area contributed by atoms with E-state index in [1.54, 1.807) is 18.2 Å². The summed E-state index contributed by atoms with van der Waals surface area (Å²) in [7, 11) is 1.30. The minimum Gasteiger partial charge on any atom is -0.481 e. The Morgan fingerprint density at radius 2 is 1.88 bits per heavy atom. The minimum atomic E-state index is -0.469. The largest absolute Gasteiger partial charge is 0.481 e. The van der Waals surface area contributed by atoms with Gasteiger partial charge < -0.3 is 9.47 Å². The molecule has 0 spiro atoms. The molecule has 6 heteroatoms. The second-order valence-corrected chi connectivity index (χ2v) is 6.63. The summed E-state index contributed by atoms with van der Waals surface area (Å²) in [5.74, 6) is -0.250. The Kier molecular flexibility index (Phi) is 5.53. The van der Waals surface area contributed by atoms with Crippen LogP contribution in [0.15, 0.2) is 58.4 Å². The van der Waals surface area contributed by atoms with Gasteiger partial charge >= 0.3 is 5.97 Å². The molecule has 0 unspecified atom stereocenters. The first-order valence-corrected chi connectivity index (χ1v) is 8.76. The van der Waals surface area contributed by atoms with Crippen LogP contribution < -0.4 is 4.74 Å². The van der Waals surface area contributed by atoms with Crippen molar-refractivity contribution >= 4 is 34.8 Å². The lowest BCUT2D eigenvalue weighted by molar-refractivity contribution is -0.142. The number of carbonyl (C=O) groups excluding carboxylic acids is 2. The summed E-state index contributed by atoms with van der Waals surface area (Å²) in [5.41, 5.74) is 2.76. The van der Waals surface area contributed by atoms with Crippen molar-refractivity contribution in [3.63, 3.8) is 0 Å². The first kappa shape index (κ1) is 17.9. The highest BCUT2D eigenvalue weighted by molar-refractivity contribution is 8.19. The van der Waals surface area contributed by atoms with E-state index in [2.05, 4.69) is 9.73 Å². The molecule has 2 aromatic carbocycles. The Labute approximate surface area is 155 Å². The normalized spacial score (nSPS) is 15.1. The molecule has 5 nitrogen and oxygen atoms in total. The highest BCUT2D eigenvalue weighted by Crippen LogP contribution is 2.33. The highest BCUT2D eigenvalue weighted by atomic mass is 32.2. The van der Waals surface area contributed by atoms with E-state index in [1.165, 1.54) is 18.9 Å². The average molecular weight is 367 g/mol. The maximum Gasteiger partial charge on any atom is 0.343 e. The number of aliphatic imine (C=N–C) groups is 1. The molecule has 0 fully saturated rings. The zero-order valence-electron chi connectivity index (χ0n) is 14.4. The summed E-state index contributed by atoms with van der Waals surface area (Å²) >= 11 is 1.32. The Morgan fingerprint density at radius 3 is 2.62 bits per heavy atom. The second kappa shape index (κ2) is 8.01. The van der Waals surface area contributed by atoms with Crippen LogP contribution in [-0.4, -0.2) is 30.6 Å². The number of nitrogens with zero attached hydrogens (tertiary/aromatic N) is 1. The SMILES string of the molecule is COC(=O)COc1ccccc1C=C1SC(c2ccc(C)cc2)=NC1=O. The Morgan fingerprint density at radius 1 is 1.15 bits per heavy atom. The van der Waals surface area contributed by atoms with Gasteiger partial charge in [-0.3, -0.25) is 4.79 Å². The fourth-order valence-electron chi connectivity index (χ4n) is 2.30. The average Bonchev–Trinajstić information content (AvgIpc) is 3.01. The summed E-state index contributed by atoms with van der Waals surface area (Å²) < 4.78 is 10.1. The van der Waals surface area contributed by atoms with Crippen LogP contribution in [0.2, 0.25) is 0 Å². The zero-order valence-corrected chi connectivity index (χ0v) is 15.2. The lowest BCUT2D eigenvalue weighted by Crippen LogP contribution is -2.13. The summed E-state index contributed by atoms with van der Waals surface area (Å²) in [6, 6.07) is 15.1. The van der Waals surface area contributed by atoms with Crippen LogP contribution in [0.25, 0.3) is 6.08 Å². The first-order valence-electron chi connectivity index (χ1n) is 7.95. The minimum absolute atomic E-state index is 0.192. The van der Waals surface area contributed by atoms with E-state index in [-0.39, 0.29) is 12.5 Å². The topological polar surface area (TPSA) is 65.0 Å². The van der Waals surface area contributed by atoms with Gasteiger partial charge in [0, 0.05) is 11.1 Å². The molecule has 0 bridgehead atoms. The standard InChI is InChI=1S/C20H17NO4S/c1-13-7-9-14(10-8-13)20-21-19(23)17(26-20)11-15-5-3-4-6-16(15)25-12-18(22)24-2/h3-11H,12H2,1-2H3. The predicted molar refractivity (Wildman–Crippen MR) is 102 cm³/mol. The lowest BCUT2D eigenvalue weighted by Gasteiger charge is -2.08. The molecule has 2 aromatic rings. The molecule has 0 saturated carbocycles. The van der Waals surface area contributed by atoms with Gasteiger partial charge in [-0.05, 0) is 19.1 Å². The Bertz CT molecular complexity index is 900. The Balaban J connectivity index is 1.80. The second-order valence-electron chi connectivity index (χ2n) is 5.60. The number of benzene rings is 2. The third-order valence-corrected chi connectivity index (χ3v) is 4.73. The number of para-hydroxylation sites is 1. The number of hydrogen-bond acceptors (Lipinski definition) is 5. The van der Waals surface area contributed by atoms with Crippen LogP contribution >= 0.6 is 11.8 Å². The fraction of sp³-hybridized carbons (Fsp3) is 0.150. The summed E-state index contributed by atoms with van der Waals surface area (Å²) in [6.07, 6.45) is 1.73. The van der Waals surface area contributed by atoms with Gasteiger partial charge in [-0.2, -0.15) is 0 Å². The van der Waals surface area contributed by atoms with Crippen molar-refractivity contribution < 1.29 is 19.1 Å². The third-order valence-electron chi connectivity index (χ3n) is 3.70. The van der Waals surface area contributed by atoms with Crippen LogP contribution in [0.4, 0.5) is 0 Å². The van der Waals surface area contributed by atoms with Gasteiger partial charge in [0.15, 0.2) is 6.61 Å². The van der Waals surface area contributed by atoms with Crippen LogP contribution in [0.5, 0.6) is 5.75 Å². The van der Waals surface area contributed by atoms with Crippen LogP contribution in [0.1, 0.15) is 16.7 Å². The smallest absolute Gasteiger partial charge is 0.343 e. The number of ether oxygens (including phenoxy) is 2. The molecule has 1 heterocycles. The van der Waals surface area contributed by atoms with Crippen LogP contribution in [-0.2, 0) is 14.3 Å². The van der Waals surface area contributed by atoms with Gasteiger partial charge in [0.25, 0.3) is 5.91 Å². The third kappa shape index (κ3) is 4.21. The molecule has 0 aliphatic carbocycles. The monoisotopic (exact) mass is 367 g/mol. The molecular weight excluding hydrogens is 350 g/mol. The van der Waals surface area contributed by atoms with Crippen molar-refractivity contribution in [2.24, 2.45) is 4.99 Å². The molecule has 0 atom stereocenters. The summed E-state index contributed by atoms with van der Waals surface area (Å²) in [4.78, 5) is 28.2. The zero-order chi connectivity index (χ0) is 18.5. The number of aryl methyl sites for hydroxylation is 1. The maximum atomic E-state index is 12.3. The van der Waals surface area contributed by atoms with E-state index < -0.39 is 5.97 Å². The number of esters is 1. The quantitative estimate of drug-likeness (QED) is 0.597. The molecule has 0 N–H and O–H groups in total. The molecule has 26 heavy (non-hydrogen) atoms. The van der Waals surface area contributed by atoms with Crippen molar-refractivity contribution in [2.45, 2.75) is 6.92 Å². The number of amides is 1. The van der Waals surface area contributed by atoms with Crippen LogP contribution in [0, 0.1) is 6.92 Å². The van der Waals surface area contributed by atoms with Gasteiger partial charge in [-0.15, -0.1) is 0 Å². The lowest BCUT2D eigenvalue weighted by atomic mass is 10.2. The number of hydrogen-bond donors (Lipinski definition) is 0. The van der Waals surface area contributed by atoms with E-state index in [4.69, 9.17) is 4.74 Å². The molecule has 1 aliphatic heterocycles.